The summed E-state index contributed by atoms with van der Waals surface area (Å²) in [7, 11) is 0. The third-order valence-corrected chi connectivity index (χ3v) is 3.71. The average Bonchev–Trinajstić information content (AvgIpc) is 2.66. The van der Waals surface area contributed by atoms with E-state index < -0.39 is 11.8 Å². The molecule has 1 aromatic heterocycles. The number of hydrogen-bond acceptors (Lipinski definition) is 4. The fourth-order valence-electron chi connectivity index (χ4n) is 2.36. The highest BCUT2D eigenvalue weighted by atomic mass is 16.2. The summed E-state index contributed by atoms with van der Waals surface area (Å²) < 4.78 is 0. The van der Waals surface area contributed by atoms with Crippen LogP contribution in [0.25, 0.3) is 16.8 Å². The first-order valence-electron chi connectivity index (χ1n) is 7.87. The molecule has 0 saturated carbocycles. The van der Waals surface area contributed by atoms with Crippen LogP contribution in [0.15, 0.2) is 59.4 Å². The smallest absolute Gasteiger partial charge is 0.268 e. The number of hydrazine groups is 1. The van der Waals surface area contributed by atoms with Crippen molar-refractivity contribution < 1.29 is 9.59 Å². The fraction of sp³-hybridized carbons (Fsp3) is 0.0526. The van der Waals surface area contributed by atoms with Crippen LogP contribution in [0.2, 0.25) is 0 Å². The molecule has 0 radical (unpaired) electrons. The van der Waals surface area contributed by atoms with Crippen LogP contribution in [0, 0.1) is 6.92 Å². The van der Waals surface area contributed by atoms with E-state index in [4.69, 9.17) is 0 Å². The maximum atomic E-state index is 12.3. The summed E-state index contributed by atoms with van der Waals surface area (Å²) in [5, 5.41) is 6.78. The maximum Gasteiger partial charge on any atom is 0.290 e. The monoisotopic (exact) mass is 348 g/mol. The molecule has 7 heteroatoms. The van der Waals surface area contributed by atoms with Gasteiger partial charge < -0.3 is 0 Å². The minimum atomic E-state index is -0.630. The summed E-state index contributed by atoms with van der Waals surface area (Å²) in [5.41, 5.74) is 6.19. The molecular formula is C19H16N4O3. The molecule has 0 fully saturated rings. The fourth-order valence-corrected chi connectivity index (χ4v) is 2.36. The van der Waals surface area contributed by atoms with Gasteiger partial charge in [0.25, 0.3) is 17.4 Å². The Kier molecular flexibility index (Phi) is 4.89. The predicted molar refractivity (Wildman–Crippen MR) is 98.2 cm³/mol. The number of aryl methyl sites for hydroxylation is 1. The van der Waals surface area contributed by atoms with Crippen molar-refractivity contribution in [3.05, 3.63) is 81.8 Å². The largest absolute Gasteiger partial charge is 0.290 e. The Morgan fingerprint density at radius 3 is 2.42 bits per heavy atom. The Morgan fingerprint density at radius 2 is 1.69 bits per heavy atom. The molecule has 130 valence electrons. The number of fused-ring (bicyclic) bond motifs is 1. The van der Waals surface area contributed by atoms with Gasteiger partial charge in [0.1, 0.15) is 0 Å². The zero-order valence-electron chi connectivity index (χ0n) is 13.9. The molecule has 0 aliphatic heterocycles. The van der Waals surface area contributed by atoms with Crippen molar-refractivity contribution in [2.45, 2.75) is 6.92 Å². The van der Waals surface area contributed by atoms with E-state index in [-0.39, 0.29) is 11.3 Å². The number of hydrogen-bond donors (Lipinski definition) is 3. The van der Waals surface area contributed by atoms with Gasteiger partial charge in [-0.25, -0.2) is 5.10 Å². The number of rotatable bonds is 3. The molecule has 7 nitrogen and oxygen atoms in total. The van der Waals surface area contributed by atoms with Crippen LogP contribution in [0.3, 0.4) is 0 Å². The lowest BCUT2D eigenvalue weighted by molar-refractivity contribution is -0.117. The number of H-pyrrole nitrogens is 1. The van der Waals surface area contributed by atoms with Crippen molar-refractivity contribution in [3.63, 3.8) is 0 Å². The first-order chi connectivity index (χ1) is 12.5. The molecule has 0 atom stereocenters. The van der Waals surface area contributed by atoms with Gasteiger partial charge in [-0.1, -0.05) is 48.0 Å². The Bertz CT molecular complexity index is 1050. The van der Waals surface area contributed by atoms with E-state index in [0.717, 1.165) is 11.1 Å². The number of nitrogens with one attached hydrogen (secondary N) is 3. The van der Waals surface area contributed by atoms with E-state index in [0.29, 0.717) is 10.8 Å². The summed E-state index contributed by atoms with van der Waals surface area (Å²) in [5.74, 6) is -1.12. The predicted octanol–water partition coefficient (Wildman–Crippen LogP) is 1.71. The third-order valence-electron chi connectivity index (χ3n) is 3.71. The average molecular weight is 348 g/mol. The maximum absolute atomic E-state index is 12.3. The van der Waals surface area contributed by atoms with Crippen molar-refractivity contribution in [3.8, 4) is 0 Å². The van der Waals surface area contributed by atoms with E-state index >= 15 is 0 Å². The topological polar surface area (TPSA) is 104 Å². The zero-order chi connectivity index (χ0) is 18.5. The number of aromatic nitrogens is 2. The van der Waals surface area contributed by atoms with Gasteiger partial charge in [0.2, 0.25) is 0 Å². The quantitative estimate of drug-likeness (QED) is 0.495. The first-order valence-corrected chi connectivity index (χ1v) is 7.87. The van der Waals surface area contributed by atoms with E-state index in [1.165, 1.54) is 6.08 Å². The second-order valence-electron chi connectivity index (χ2n) is 5.63. The molecule has 0 spiro atoms. The van der Waals surface area contributed by atoms with Crippen LogP contribution in [-0.2, 0) is 4.79 Å². The van der Waals surface area contributed by atoms with Gasteiger partial charge in [0.05, 0.1) is 5.39 Å². The zero-order valence-corrected chi connectivity index (χ0v) is 13.9. The third kappa shape index (κ3) is 3.84. The standard InChI is InChI=1S/C19H16N4O3/c1-12-6-8-13(9-7-12)10-11-16(24)20-23-19(26)17-14-4-2-3-5-15(14)18(25)22-21-17/h2-11H,1H3,(H,20,24)(H,22,25)(H,23,26)/b11-10+. The summed E-state index contributed by atoms with van der Waals surface area (Å²) in [4.78, 5) is 35.8. The number of amides is 2. The lowest BCUT2D eigenvalue weighted by Gasteiger charge is -2.06. The van der Waals surface area contributed by atoms with E-state index in [9.17, 15) is 14.4 Å². The van der Waals surface area contributed by atoms with Gasteiger partial charge >= 0.3 is 0 Å². The Hall–Kier alpha value is -3.74. The van der Waals surface area contributed by atoms with Gasteiger partial charge in [0.15, 0.2) is 5.69 Å². The molecule has 2 aromatic carbocycles. The Balaban J connectivity index is 1.67. The van der Waals surface area contributed by atoms with Gasteiger partial charge in [-0.2, -0.15) is 5.10 Å². The Morgan fingerprint density at radius 1 is 1.00 bits per heavy atom. The molecule has 2 amide bonds. The second kappa shape index (κ2) is 7.43. The van der Waals surface area contributed by atoms with Crippen LogP contribution in [-0.4, -0.2) is 22.0 Å². The highest BCUT2D eigenvalue weighted by Crippen LogP contribution is 2.11. The molecular weight excluding hydrogens is 332 g/mol. The summed E-state index contributed by atoms with van der Waals surface area (Å²) in [6.07, 6.45) is 2.94. The van der Waals surface area contributed by atoms with Crippen LogP contribution >= 0.6 is 0 Å². The number of aromatic amines is 1. The lowest BCUT2D eigenvalue weighted by atomic mass is 10.1. The van der Waals surface area contributed by atoms with Crippen molar-refractivity contribution in [1.82, 2.24) is 21.0 Å². The SMILES string of the molecule is Cc1ccc(/C=C/C(=O)NNC(=O)c2n[nH]c(=O)c3ccccc23)cc1. The van der Waals surface area contributed by atoms with Gasteiger partial charge in [-0.05, 0) is 24.6 Å². The van der Waals surface area contributed by atoms with E-state index in [2.05, 4.69) is 21.0 Å². The molecule has 0 bridgehead atoms. The normalized spacial score (nSPS) is 10.8. The van der Waals surface area contributed by atoms with Crippen LogP contribution in [0.5, 0.6) is 0 Å². The molecule has 3 N–H and O–H groups in total. The molecule has 3 rings (SSSR count). The number of carbonyl (C=O) groups is 2. The molecule has 1 heterocycles. The van der Waals surface area contributed by atoms with Gasteiger partial charge in [-0.15, -0.1) is 0 Å². The van der Waals surface area contributed by atoms with Crippen LogP contribution < -0.4 is 16.4 Å². The highest BCUT2D eigenvalue weighted by Gasteiger charge is 2.14. The Labute approximate surface area is 148 Å². The molecule has 0 aliphatic rings. The summed E-state index contributed by atoms with van der Waals surface area (Å²) in [6.45, 7) is 1.98. The minimum absolute atomic E-state index is 0.0167. The van der Waals surface area contributed by atoms with Crippen molar-refractivity contribution in [1.29, 1.82) is 0 Å². The molecule has 0 saturated heterocycles. The second-order valence-corrected chi connectivity index (χ2v) is 5.63. The van der Waals surface area contributed by atoms with Gasteiger partial charge in [-0.3, -0.25) is 25.2 Å². The van der Waals surface area contributed by atoms with Crippen LogP contribution in [0.4, 0.5) is 0 Å². The molecule has 0 unspecified atom stereocenters. The summed E-state index contributed by atoms with van der Waals surface area (Å²) in [6, 6.07) is 14.2. The van der Waals surface area contributed by atoms with Crippen molar-refractivity contribution in [2.24, 2.45) is 0 Å². The number of carbonyl (C=O) groups excluding carboxylic acids is 2. The van der Waals surface area contributed by atoms with Gasteiger partial charge in [0, 0.05) is 11.5 Å². The van der Waals surface area contributed by atoms with Crippen molar-refractivity contribution in [2.75, 3.05) is 0 Å². The van der Waals surface area contributed by atoms with E-state index in [1.54, 1.807) is 30.3 Å². The number of nitrogens with zero attached hydrogens (tertiary/aromatic N) is 1. The van der Waals surface area contributed by atoms with E-state index in [1.807, 2.05) is 31.2 Å². The summed E-state index contributed by atoms with van der Waals surface area (Å²) >= 11 is 0. The highest BCUT2D eigenvalue weighted by molar-refractivity contribution is 6.05. The van der Waals surface area contributed by atoms with Crippen molar-refractivity contribution >= 4 is 28.7 Å². The molecule has 3 aromatic rings. The molecule has 0 aliphatic carbocycles. The minimum Gasteiger partial charge on any atom is -0.268 e. The molecule has 26 heavy (non-hydrogen) atoms. The lowest BCUT2D eigenvalue weighted by Crippen LogP contribution is -2.41. The van der Waals surface area contributed by atoms with Crippen LogP contribution in [0.1, 0.15) is 21.6 Å². The first kappa shape index (κ1) is 17.1. The number of benzene rings is 2.